The minimum atomic E-state index is -3.73. The SMILES string of the molecule is Cc1cc(C)c(NS(=O)(=O)c2ccc(C(=O)N3CCOCC3)cc2)c(C)c1. The molecule has 6 nitrogen and oxygen atoms in total. The van der Waals surface area contributed by atoms with E-state index >= 15 is 0 Å². The molecule has 0 aliphatic carbocycles. The van der Waals surface area contributed by atoms with Crippen molar-refractivity contribution in [3.63, 3.8) is 0 Å². The van der Waals surface area contributed by atoms with Gasteiger partial charge in [-0.2, -0.15) is 0 Å². The number of morpholine rings is 1. The predicted molar refractivity (Wildman–Crippen MR) is 105 cm³/mol. The molecular formula is C20H24N2O4S. The summed E-state index contributed by atoms with van der Waals surface area (Å²) in [6.07, 6.45) is 0. The number of aryl methyl sites for hydroxylation is 3. The molecule has 0 aromatic heterocycles. The van der Waals surface area contributed by atoms with Gasteiger partial charge in [0.1, 0.15) is 0 Å². The van der Waals surface area contributed by atoms with Gasteiger partial charge in [-0.15, -0.1) is 0 Å². The summed E-state index contributed by atoms with van der Waals surface area (Å²) in [5, 5.41) is 0. The van der Waals surface area contributed by atoms with Gasteiger partial charge in [0.25, 0.3) is 15.9 Å². The van der Waals surface area contributed by atoms with Gasteiger partial charge in [-0.05, 0) is 56.2 Å². The summed E-state index contributed by atoms with van der Waals surface area (Å²) in [5.41, 5.74) is 3.89. The smallest absolute Gasteiger partial charge is 0.261 e. The molecule has 27 heavy (non-hydrogen) atoms. The average molecular weight is 388 g/mol. The molecule has 0 bridgehead atoms. The molecule has 1 aliphatic heterocycles. The Labute approximate surface area is 160 Å². The Morgan fingerprint density at radius 2 is 1.56 bits per heavy atom. The first kappa shape index (κ1) is 19.4. The van der Waals surface area contributed by atoms with Gasteiger partial charge in [-0.1, -0.05) is 17.7 Å². The summed E-state index contributed by atoms with van der Waals surface area (Å²) in [7, 11) is -3.73. The second-order valence-electron chi connectivity index (χ2n) is 6.81. The number of amides is 1. The maximum atomic E-state index is 12.8. The van der Waals surface area contributed by atoms with E-state index in [-0.39, 0.29) is 10.8 Å². The van der Waals surface area contributed by atoms with E-state index in [0.717, 1.165) is 16.7 Å². The lowest BCUT2D eigenvalue weighted by atomic mass is 10.1. The van der Waals surface area contributed by atoms with Crippen molar-refractivity contribution in [1.29, 1.82) is 0 Å². The largest absolute Gasteiger partial charge is 0.378 e. The van der Waals surface area contributed by atoms with Crippen LogP contribution in [-0.2, 0) is 14.8 Å². The Morgan fingerprint density at radius 1 is 1.00 bits per heavy atom. The van der Waals surface area contributed by atoms with Crippen molar-refractivity contribution >= 4 is 21.6 Å². The van der Waals surface area contributed by atoms with Crippen molar-refractivity contribution < 1.29 is 17.9 Å². The van der Waals surface area contributed by atoms with E-state index in [2.05, 4.69) is 4.72 Å². The Balaban J connectivity index is 1.80. The van der Waals surface area contributed by atoms with Crippen LogP contribution in [0.5, 0.6) is 0 Å². The third-order valence-corrected chi connectivity index (χ3v) is 5.99. The van der Waals surface area contributed by atoms with E-state index < -0.39 is 10.0 Å². The van der Waals surface area contributed by atoms with Crippen LogP contribution >= 0.6 is 0 Å². The van der Waals surface area contributed by atoms with Gasteiger partial charge >= 0.3 is 0 Å². The highest BCUT2D eigenvalue weighted by molar-refractivity contribution is 7.92. The summed E-state index contributed by atoms with van der Waals surface area (Å²) in [6.45, 7) is 7.87. The van der Waals surface area contributed by atoms with Gasteiger partial charge in [-0.25, -0.2) is 8.42 Å². The van der Waals surface area contributed by atoms with Crippen molar-refractivity contribution in [3.8, 4) is 0 Å². The highest BCUT2D eigenvalue weighted by atomic mass is 32.2. The molecule has 3 rings (SSSR count). The number of carbonyl (C=O) groups excluding carboxylic acids is 1. The first-order chi connectivity index (χ1) is 12.8. The molecule has 1 N–H and O–H groups in total. The molecule has 0 saturated carbocycles. The third-order valence-electron chi connectivity index (χ3n) is 4.62. The van der Waals surface area contributed by atoms with Gasteiger partial charge in [0.2, 0.25) is 0 Å². The summed E-state index contributed by atoms with van der Waals surface area (Å²) in [4.78, 5) is 14.3. The molecule has 144 valence electrons. The van der Waals surface area contributed by atoms with Crippen LogP contribution in [-0.4, -0.2) is 45.5 Å². The molecule has 0 unspecified atom stereocenters. The van der Waals surface area contributed by atoms with E-state index in [1.54, 1.807) is 17.0 Å². The van der Waals surface area contributed by atoms with E-state index in [1.165, 1.54) is 12.1 Å². The predicted octanol–water partition coefficient (Wildman–Crippen LogP) is 2.89. The number of hydrogen-bond donors (Lipinski definition) is 1. The highest BCUT2D eigenvalue weighted by Gasteiger charge is 2.21. The number of rotatable bonds is 4. The van der Waals surface area contributed by atoms with Crippen LogP contribution in [0.1, 0.15) is 27.0 Å². The minimum absolute atomic E-state index is 0.111. The van der Waals surface area contributed by atoms with Crippen LogP contribution in [0.15, 0.2) is 41.3 Å². The van der Waals surface area contributed by atoms with Crippen LogP contribution < -0.4 is 4.72 Å². The molecule has 1 amide bonds. The quantitative estimate of drug-likeness (QED) is 0.874. The van der Waals surface area contributed by atoms with E-state index in [9.17, 15) is 13.2 Å². The lowest BCUT2D eigenvalue weighted by Gasteiger charge is -2.26. The van der Waals surface area contributed by atoms with Crippen molar-refractivity contribution in [2.75, 3.05) is 31.0 Å². The number of nitrogens with zero attached hydrogens (tertiary/aromatic N) is 1. The standard InChI is InChI=1S/C20H24N2O4S/c1-14-12-15(2)19(16(3)13-14)21-27(24,25)18-6-4-17(5-7-18)20(23)22-8-10-26-11-9-22/h4-7,12-13,21H,8-11H2,1-3H3. The fraction of sp³-hybridized carbons (Fsp3) is 0.350. The van der Waals surface area contributed by atoms with E-state index in [0.29, 0.717) is 37.6 Å². The molecule has 1 heterocycles. The topological polar surface area (TPSA) is 75.7 Å². The summed E-state index contributed by atoms with van der Waals surface area (Å²) in [5.74, 6) is -0.111. The lowest BCUT2D eigenvalue weighted by Crippen LogP contribution is -2.40. The molecule has 1 fully saturated rings. The maximum Gasteiger partial charge on any atom is 0.261 e. The van der Waals surface area contributed by atoms with Crippen LogP contribution in [0.4, 0.5) is 5.69 Å². The molecule has 1 saturated heterocycles. The molecule has 1 aliphatic rings. The molecule has 0 atom stereocenters. The zero-order valence-corrected chi connectivity index (χ0v) is 16.6. The van der Waals surface area contributed by atoms with Crippen molar-refractivity contribution in [2.24, 2.45) is 0 Å². The molecule has 2 aromatic carbocycles. The summed E-state index contributed by atoms with van der Waals surface area (Å²) >= 11 is 0. The fourth-order valence-corrected chi connectivity index (χ4v) is 4.46. The van der Waals surface area contributed by atoms with Crippen LogP contribution in [0, 0.1) is 20.8 Å². The molecule has 0 spiro atoms. The van der Waals surface area contributed by atoms with E-state index in [1.807, 2.05) is 32.9 Å². The number of carbonyl (C=O) groups is 1. The summed E-state index contributed by atoms with van der Waals surface area (Å²) < 4.78 is 33.4. The second kappa shape index (κ2) is 7.70. The molecule has 2 aromatic rings. The number of anilines is 1. The Kier molecular flexibility index (Phi) is 5.53. The zero-order valence-electron chi connectivity index (χ0n) is 15.8. The van der Waals surface area contributed by atoms with Crippen molar-refractivity contribution in [3.05, 3.63) is 58.7 Å². The number of benzene rings is 2. The van der Waals surface area contributed by atoms with Crippen molar-refractivity contribution in [1.82, 2.24) is 4.90 Å². The summed E-state index contributed by atoms with van der Waals surface area (Å²) in [6, 6.07) is 9.93. The molecule has 0 radical (unpaired) electrons. The number of sulfonamides is 1. The van der Waals surface area contributed by atoms with Gasteiger partial charge in [0, 0.05) is 18.7 Å². The second-order valence-corrected chi connectivity index (χ2v) is 8.49. The van der Waals surface area contributed by atoms with Gasteiger partial charge in [0.15, 0.2) is 0 Å². The third kappa shape index (κ3) is 4.31. The number of hydrogen-bond acceptors (Lipinski definition) is 4. The highest BCUT2D eigenvalue weighted by Crippen LogP contribution is 2.25. The average Bonchev–Trinajstić information content (AvgIpc) is 2.65. The maximum absolute atomic E-state index is 12.8. The number of nitrogens with one attached hydrogen (secondary N) is 1. The van der Waals surface area contributed by atoms with Crippen LogP contribution in [0.25, 0.3) is 0 Å². The Bertz CT molecular complexity index is 923. The normalized spacial score (nSPS) is 14.9. The Morgan fingerprint density at radius 3 is 2.11 bits per heavy atom. The number of ether oxygens (including phenoxy) is 1. The zero-order chi connectivity index (χ0) is 19.6. The van der Waals surface area contributed by atoms with Gasteiger partial charge in [-0.3, -0.25) is 9.52 Å². The minimum Gasteiger partial charge on any atom is -0.378 e. The van der Waals surface area contributed by atoms with Gasteiger partial charge < -0.3 is 9.64 Å². The monoisotopic (exact) mass is 388 g/mol. The molecule has 7 heteroatoms. The first-order valence-corrected chi connectivity index (χ1v) is 10.3. The molecular weight excluding hydrogens is 364 g/mol. The lowest BCUT2D eigenvalue weighted by molar-refractivity contribution is 0.0303. The van der Waals surface area contributed by atoms with E-state index in [4.69, 9.17) is 4.74 Å². The Hall–Kier alpha value is -2.38. The fourth-order valence-electron chi connectivity index (χ4n) is 3.26. The van der Waals surface area contributed by atoms with Crippen LogP contribution in [0.2, 0.25) is 0 Å². The first-order valence-electron chi connectivity index (χ1n) is 8.86. The van der Waals surface area contributed by atoms with Gasteiger partial charge in [0.05, 0.1) is 23.8 Å². The van der Waals surface area contributed by atoms with Crippen LogP contribution in [0.3, 0.4) is 0 Å². The van der Waals surface area contributed by atoms with Crippen molar-refractivity contribution in [2.45, 2.75) is 25.7 Å².